The summed E-state index contributed by atoms with van der Waals surface area (Å²) in [6.45, 7) is 4.93. The zero-order chi connectivity index (χ0) is 22.2. The van der Waals surface area contributed by atoms with Crippen LogP contribution in [0.15, 0.2) is 48.2 Å². The number of aromatic nitrogens is 1. The molecule has 1 aliphatic carbocycles. The lowest BCUT2D eigenvalue weighted by atomic mass is 9.71. The Balaban J connectivity index is 1.97. The molecule has 0 fully saturated rings. The number of aliphatic hydroxyl groups is 1. The quantitative estimate of drug-likeness (QED) is 0.571. The van der Waals surface area contributed by atoms with Gasteiger partial charge >= 0.3 is 6.18 Å². The fraction of sp³-hybridized carbons (Fsp3) is 0.375. The van der Waals surface area contributed by atoms with Crippen molar-refractivity contribution in [3.63, 3.8) is 0 Å². The lowest BCUT2D eigenvalue weighted by Crippen LogP contribution is -2.49. The lowest BCUT2D eigenvalue weighted by molar-refractivity contribution is -0.266. The van der Waals surface area contributed by atoms with E-state index in [-0.39, 0.29) is 6.42 Å². The van der Waals surface area contributed by atoms with E-state index in [1.807, 2.05) is 0 Å². The van der Waals surface area contributed by atoms with Crippen molar-refractivity contribution in [2.24, 2.45) is 0 Å². The molecule has 160 valence electrons. The first-order valence-corrected chi connectivity index (χ1v) is 9.78. The van der Waals surface area contributed by atoms with Crippen LogP contribution in [0, 0.1) is 12.7 Å². The average Bonchev–Trinajstić information content (AvgIpc) is 2.83. The van der Waals surface area contributed by atoms with E-state index in [0.29, 0.717) is 28.0 Å². The number of allylic oxidation sites excluding steroid dienone is 1. The maximum atomic E-state index is 14.1. The highest BCUT2D eigenvalue weighted by molar-refractivity contribution is 5.66. The van der Waals surface area contributed by atoms with Gasteiger partial charge in [0, 0.05) is 18.2 Å². The molecule has 0 aliphatic heterocycles. The fourth-order valence-corrected chi connectivity index (χ4v) is 4.20. The van der Waals surface area contributed by atoms with E-state index in [1.54, 1.807) is 63.4 Å². The van der Waals surface area contributed by atoms with Crippen molar-refractivity contribution in [2.75, 3.05) is 0 Å². The van der Waals surface area contributed by atoms with Gasteiger partial charge in [-0.15, -0.1) is 0 Å². The van der Waals surface area contributed by atoms with Crippen molar-refractivity contribution in [3.05, 3.63) is 76.4 Å². The summed E-state index contributed by atoms with van der Waals surface area (Å²) in [4.78, 5) is 4.22. The number of halogens is 4. The Bertz CT molecular complexity index is 991. The largest absolute Gasteiger partial charge is 0.417 e. The van der Waals surface area contributed by atoms with Gasteiger partial charge < -0.3 is 5.11 Å². The molecule has 0 bridgehead atoms. The smallest absolute Gasteiger partial charge is 0.380 e. The van der Waals surface area contributed by atoms with E-state index in [1.165, 1.54) is 12.1 Å². The molecule has 0 saturated carbocycles. The van der Waals surface area contributed by atoms with Crippen LogP contribution in [0.2, 0.25) is 0 Å². The summed E-state index contributed by atoms with van der Waals surface area (Å²) >= 11 is 0. The van der Waals surface area contributed by atoms with Crippen molar-refractivity contribution in [1.29, 1.82) is 0 Å². The molecule has 6 heteroatoms. The van der Waals surface area contributed by atoms with Crippen LogP contribution in [-0.2, 0) is 5.41 Å². The Kier molecular flexibility index (Phi) is 5.92. The second-order valence-electron chi connectivity index (χ2n) is 8.61. The molecule has 0 radical (unpaired) electrons. The molecule has 1 atom stereocenters. The molecule has 3 rings (SSSR count). The summed E-state index contributed by atoms with van der Waals surface area (Å²) in [6, 6.07) is 7.57. The number of hydrogen-bond donors (Lipinski definition) is 1. The minimum atomic E-state index is -4.85. The Labute approximate surface area is 174 Å². The van der Waals surface area contributed by atoms with E-state index in [4.69, 9.17) is 0 Å². The minimum Gasteiger partial charge on any atom is -0.380 e. The normalized spacial score (nSPS) is 16.5. The molecule has 2 nitrogen and oxygen atoms in total. The summed E-state index contributed by atoms with van der Waals surface area (Å²) in [5.74, 6) is -0.514. The van der Waals surface area contributed by atoms with Crippen molar-refractivity contribution in [2.45, 2.75) is 57.2 Å². The first-order chi connectivity index (χ1) is 13.9. The van der Waals surface area contributed by atoms with E-state index in [2.05, 4.69) is 4.98 Å². The van der Waals surface area contributed by atoms with Crippen LogP contribution in [0.25, 0.3) is 12.2 Å². The van der Waals surface area contributed by atoms with E-state index < -0.39 is 35.9 Å². The standard InChI is InChI=1S/C24H25F4NO/c1-16-9-10-19(25)13-20(16)22(2,3)15-23(30,24(26,27)28)14-17-6-4-8-21-18(12-17)7-5-11-29-21/h4-5,7-13,30H,6,14-15H2,1-3H3. The van der Waals surface area contributed by atoms with Crippen LogP contribution >= 0.6 is 0 Å². The number of pyridine rings is 1. The zero-order valence-electron chi connectivity index (χ0n) is 17.2. The van der Waals surface area contributed by atoms with Crippen molar-refractivity contribution < 1.29 is 22.7 Å². The number of hydrogen-bond acceptors (Lipinski definition) is 2. The van der Waals surface area contributed by atoms with Gasteiger partial charge in [0.05, 0.1) is 5.69 Å². The van der Waals surface area contributed by atoms with E-state index >= 15 is 0 Å². The van der Waals surface area contributed by atoms with Gasteiger partial charge in [-0.3, -0.25) is 4.98 Å². The van der Waals surface area contributed by atoms with Crippen LogP contribution in [0.4, 0.5) is 17.6 Å². The van der Waals surface area contributed by atoms with Gasteiger partial charge in [0.1, 0.15) is 5.82 Å². The summed E-state index contributed by atoms with van der Waals surface area (Å²) in [7, 11) is 0. The topological polar surface area (TPSA) is 33.1 Å². The monoisotopic (exact) mass is 419 g/mol. The van der Waals surface area contributed by atoms with Crippen LogP contribution < -0.4 is 0 Å². The highest BCUT2D eigenvalue weighted by Gasteiger charge is 2.56. The van der Waals surface area contributed by atoms with Crippen molar-refractivity contribution >= 4 is 12.2 Å². The van der Waals surface area contributed by atoms with Gasteiger partial charge in [-0.25, -0.2) is 4.39 Å². The molecule has 30 heavy (non-hydrogen) atoms. The Hall–Kier alpha value is -2.47. The number of rotatable bonds is 5. The van der Waals surface area contributed by atoms with Crippen molar-refractivity contribution in [3.8, 4) is 0 Å². The molecule has 1 aliphatic rings. The number of fused-ring (bicyclic) bond motifs is 1. The minimum absolute atomic E-state index is 0.286. The fourth-order valence-electron chi connectivity index (χ4n) is 4.20. The molecule has 2 aromatic rings. The van der Waals surface area contributed by atoms with Crippen LogP contribution in [-0.4, -0.2) is 21.9 Å². The highest BCUT2D eigenvalue weighted by atomic mass is 19.4. The first kappa shape index (κ1) is 22.2. The molecule has 0 spiro atoms. The second-order valence-corrected chi connectivity index (χ2v) is 8.61. The lowest BCUT2D eigenvalue weighted by Gasteiger charge is -2.39. The highest BCUT2D eigenvalue weighted by Crippen LogP contribution is 2.46. The third kappa shape index (κ3) is 4.64. The zero-order valence-corrected chi connectivity index (χ0v) is 17.2. The predicted molar refractivity (Wildman–Crippen MR) is 110 cm³/mol. The second kappa shape index (κ2) is 7.99. The van der Waals surface area contributed by atoms with Crippen LogP contribution in [0.3, 0.4) is 0 Å². The number of aryl methyl sites for hydroxylation is 1. The van der Waals surface area contributed by atoms with Crippen LogP contribution in [0.1, 0.15) is 55.5 Å². The molecule has 1 heterocycles. The molecule has 0 amide bonds. The molecule has 1 aromatic heterocycles. The molecular weight excluding hydrogens is 394 g/mol. The van der Waals surface area contributed by atoms with E-state index in [0.717, 1.165) is 0 Å². The molecular formula is C24H25F4NO. The summed E-state index contributed by atoms with van der Waals surface area (Å²) in [6.07, 6.45) is 1.10. The van der Waals surface area contributed by atoms with Gasteiger partial charge in [0.25, 0.3) is 0 Å². The number of benzene rings is 1. The molecule has 1 N–H and O–H groups in total. The number of nitrogens with zero attached hydrogens (tertiary/aromatic N) is 1. The Morgan fingerprint density at radius 2 is 1.87 bits per heavy atom. The molecule has 1 unspecified atom stereocenters. The SMILES string of the molecule is Cc1ccc(F)cc1C(C)(C)CC(O)(CC1=Cc2cccnc2C=CC1)C(F)(F)F. The first-order valence-electron chi connectivity index (χ1n) is 9.78. The third-order valence-corrected chi connectivity index (χ3v) is 5.60. The van der Waals surface area contributed by atoms with Crippen molar-refractivity contribution in [1.82, 2.24) is 4.98 Å². The van der Waals surface area contributed by atoms with Gasteiger partial charge in [0.15, 0.2) is 5.60 Å². The summed E-state index contributed by atoms with van der Waals surface area (Å²) in [5.41, 5.74) is -1.06. The maximum absolute atomic E-state index is 14.1. The van der Waals surface area contributed by atoms with Gasteiger partial charge in [0.2, 0.25) is 0 Å². The van der Waals surface area contributed by atoms with Crippen LogP contribution in [0.5, 0.6) is 0 Å². The number of alkyl halides is 3. The molecule has 1 aromatic carbocycles. The molecule has 0 saturated heterocycles. The van der Waals surface area contributed by atoms with E-state index in [9.17, 15) is 22.7 Å². The summed E-state index contributed by atoms with van der Waals surface area (Å²) in [5, 5.41) is 10.9. The maximum Gasteiger partial charge on any atom is 0.417 e. The van der Waals surface area contributed by atoms with Gasteiger partial charge in [-0.2, -0.15) is 13.2 Å². The van der Waals surface area contributed by atoms with Gasteiger partial charge in [-0.1, -0.05) is 43.7 Å². The van der Waals surface area contributed by atoms with Gasteiger partial charge in [-0.05, 0) is 60.6 Å². The average molecular weight is 419 g/mol. The Morgan fingerprint density at radius 1 is 1.13 bits per heavy atom. The predicted octanol–water partition coefficient (Wildman–Crippen LogP) is 6.38. The third-order valence-electron chi connectivity index (χ3n) is 5.60. The Morgan fingerprint density at radius 3 is 2.57 bits per heavy atom. The summed E-state index contributed by atoms with van der Waals surface area (Å²) < 4.78 is 56.1.